The Balaban J connectivity index is 0. The first-order chi connectivity index (χ1) is 11.7. The van der Waals surface area contributed by atoms with Crippen molar-refractivity contribution >= 4 is 23.8 Å². The van der Waals surface area contributed by atoms with Gasteiger partial charge in [0.1, 0.15) is 12.0 Å². The standard InChI is InChI=1S/C11H18N2O3.C7H10O2.Na/c1-4-6-7(3)11(5-2)8(14)12-10(16)13-9(11)15;1-4-5-9-7(8)6(2)3;/h7H,4-6H2,1-3H3,(H2,12,13,14,15,16);4H,1-2,5H2,3H3;/q;;+1/p-1. The minimum absolute atomic E-state index is 0. The summed E-state index contributed by atoms with van der Waals surface area (Å²) in [6, 6.07) is -0.845. The van der Waals surface area contributed by atoms with Crippen molar-refractivity contribution in [3.05, 3.63) is 24.8 Å². The molecule has 0 fully saturated rings. The van der Waals surface area contributed by atoms with Crippen LogP contribution in [0.25, 0.3) is 0 Å². The molecule has 0 aliphatic carbocycles. The van der Waals surface area contributed by atoms with Gasteiger partial charge in [0.25, 0.3) is 5.91 Å². The van der Waals surface area contributed by atoms with Crippen LogP contribution in [0.4, 0.5) is 0 Å². The van der Waals surface area contributed by atoms with Crippen LogP contribution in [-0.4, -0.2) is 30.4 Å². The number of nitrogens with one attached hydrogen (secondary N) is 1. The van der Waals surface area contributed by atoms with E-state index in [1.165, 1.54) is 6.08 Å². The van der Waals surface area contributed by atoms with Crippen LogP contribution in [-0.2, 0) is 19.1 Å². The molecule has 1 rings (SSSR count). The van der Waals surface area contributed by atoms with Gasteiger partial charge >= 0.3 is 35.5 Å². The average Bonchev–Trinajstić information content (AvgIpc) is 2.53. The first-order valence-electron chi connectivity index (χ1n) is 8.22. The predicted octanol–water partition coefficient (Wildman–Crippen LogP) is -1.51. The molecule has 0 bridgehead atoms. The van der Waals surface area contributed by atoms with Gasteiger partial charge in [0.15, 0.2) is 0 Å². The zero-order valence-electron chi connectivity index (χ0n) is 16.4. The summed E-state index contributed by atoms with van der Waals surface area (Å²) < 4.78 is 4.60. The van der Waals surface area contributed by atoms with E-state index in [2.05, 4.69) is 28.2 Å². The molecule has 8 heteroatoms. The van der Waals surface area contributed by atoms with E-state index in [4.69, 9.17) is 0 Å². The number of ether oxygens (including phenoxy) is 1. The van der Waals surface area contributed by atoms with Crippen molar-refractivity contribution in [3.63, 3.8) is 0 Å². The van der Waals surface area contributed by atoms with Gasteiger partial charge in [-0.3, -0.25) is 9.59 Å². The minimum Gasteiger partial charge on any atom is -0.846 e. The number of carbonyl (C=O) groups excluding carboxylic acids is 3. The van der Waals surface area contributed by atoms with Crippen LogP contribution in [0.15, 0.2) is 29.8 Å². The average molecular weight is 374 g/mol. The second-order valence-electron chi connectivity index (χ2n) is 5.86. The molecule has 140 valence electrons. The molecule has 26 heavy (non-hydrogen) atoms. The van der Waals surface area contributed by atoms with Crippen molar-refractivity contribution < 1.29 is 53.8 Å². The number of rotatable bonds is 7. The normalized spacial score (nSPS) is 19.6. The first kappa shape index (κ1) is 26.8. The summed E-state index contributed by atoms with van der Waals surface area (Å²) in [5, 5.41) is 13.1. The van der Waals surface area contributed by atoms with Crippen LogP contribution in [0.2, 0.25) is 0 Å². The summed E-state index contributed by atoms with van der Waals surface area (Å²) in [6.45, 7) is 14.3. The van der Waals surface area contributed by atoms with Crippen molar-refractivity contribution in [2.75, 3.05) is 6.61 Å². The molecule has 1 N–H and O–H groups in total. The molecular weight excluding hydrogens is 347 g/mol. The van der Waals surface area contributed by atoms with Crippen LogP contribution in [0.5, 0.6) is 0 Å². The van der Waals surface area contributed by atoms with E-state index in [-0.39, 0.29) is 48.1 Å². The van der Waals surface area contributed by atoms with E-state index in [9.17, 15) is 19.5 Å². The zero-order valence-corrected chi connectivity index (χ0v) is 18.4. The number of esters is 1. The van der Waals surface area contributed by atoms with Gasteiger partial charge < -0.3 is 15.2 Å². The quantitative estimate of drug-likeness (QED) is 0.192. The van der Waals surface area contributed by atoms with E-state index in [0.29, 0.717) is 12.0 Å². The molecule has 0 aromatic carbocycles. The van der Waals surface area contributed by atoms with E-state index >= 15 is 0 Å². The maximum atomic E-state index is 11.9. The fourth-order valence-corrected chi connectivity index (χ4v) is 2.56. The summed E-state index contributed by atoms with van der Waals surface area (Å²) in [7, 11) is 0. The van der Waals surface area contributed by atoms with Crippen LogP contribution in [0, 0.1) is 11.3 Å². The molecule has 1 heterocycles. The molecule has 2 atom stereocenters. The Kier molecular flexibility index (Phi) is 13.2. The summed E-state index contributed by atoms with van der Waals surface area (Å²) in [5.74, 6) is -1.56. The molecule has 0 aromatic heterocycles. The molecule has 0 saturated carbocycles. The van der Waals surface area contributed by atoms with Gasteiger partial charge in [0.2, 0.25) is 5.91 Å². The number of aliphatic imine (C=N–C) groups is 1. The predicted molar refractivity (Wildman–Crippen MR) is 93.4 cm³/mol. The molecule has 0 radical (unpaired) electrons. The fourth-order valence-electron chi connectivity index (χ4n) is 2.56. The van der Waals surface area contributed by atoms with Gasteiger partial charge in [0, 0.05) is 5.57 Å². The summed E-state index contributed by atoms with van der Waals surface area (Å²) >= 11 is 0. The van der Waals surface area contributed by atoms with Gasteiger partial charge in [-0.2, -0.15) is 0 Å². The zero-order chi connectivity index (χ0) is 19.6. The number of hydrogen-bond acceptors (Lipinski definition) is 5. The van der Waals surface area contributed by atoms with Crippen molar-refractivity contribution in [3.8, 4) is 0 Å². The third-order valence-electron chi connectivity index (χ3n) is 4.01. The fraction of sp³-hybridized carbons (Fsp3) is 0.556. The first-order valence-corrected chi connectivity index (χ1v) is 8.22. The summed E-state index contributed by atoms with van der Waals surface area (Å²) in [4.78, 5) is 37.6. The van der Waals surface area contributed by atoms with Crippen molar-refractivity contribution in [1.29, 1.82) is 0 Å². The Bertz CT molecular complexity index is 574. The molecule has 1 aliphatic heterocycles. The maximum Gasteiger partial charge on any atom is 1.00 e. The van der Waals surface area contributed by atoms with E-state index in [1.54, 1.807) is 13.8 Å². The third kappa shape index (κ3) is 7.05. The van der Waals surface area contributed by atoms with Gasteiger partial charge in [-0.05, 0) is 25.7 Å². The molecule has 2 amide bonds. The molecular formula is C18H27N2NaO5. The van der Waals surface area contributed by atoms with Crippen LogP contribution in [0.3, 0.4) is 0 Å². The van der Waals surface area contributed by atoms with Crippen molar-refractivity contribution in [1.82, 2.24) is 5.32 Å². The SMILES string of the molecule is C=CCOC(=O)C(=C)C.CCCC(C)C1(CC)C(=O)N=C([O-])NC1=O.[Na+]. The monoisotopic (exact) mass is 374 g/mol. The van der Waals surface area contributed by atoms with Crippen molar-refractivity contribution in [2.24, 2.45) is 16.3 Å². The third-order valence-corrected chi connectivity index (χ3v) is 4.01. The van der Waals surface area contributed by atoms with Gasteiger partial charge in [-0.15, -0.1) is 0 Å². The molecule has 2 unspecified atom stereocenters. The number of carbonyl (C=O) groups is 3. The Morgan fingerprint density at radius 2 is 2.00 bits per heavy atom. The molecule has 7 nitrogen and oxygen atoms in total. The Morgan fingerprint density at radius 1 is 1.42 bits per heavy atom. The Morgan fingerprint density at radius 3 is 2.38 bits per heavy atom. The molecule has 0 spiro atoms. The number of hydrogen-bond donors (Lipinski definition) is 1. The van der Waals surface area contributed by atoms with E-state index < -0.39 is 23.3 Å². The Hall–Kier alpha value is -1.44. The Labute approximate surface area is 177 Å². The van der Waals surface area contributed by atoms with Crippen molar-refractivity contribution in [2.45, 2.75) is 47.0 Å². The maximum absolute atomic E-state index is 11.9. The molecule has 1 aliphatic rings. The molecule has 0 saturated heterocycles. The van der Waals surface area contributed by atoms with Gasteiger partial charge in [-0.1, -0.05) is 46.4 Å². The minimum atomic E-state index is -1.15. The topological polar surface area (TPSA) is 108 Å². The van der Waals surface area contributed by atoms with E-state index in [1.807, 2.05) is 13.8 Å². The second kappa shape index (κ2) is 12.8. The summed E-state index contributed by atoms with van der Waals surface area (Å²) in [5.41, 5.74) is -0.735. The van der Waals surface area contributed by atoms with Crippen LogP contribution < -0.4 is 40.0 Å². The number of amidine groups is 1. The number of amides is 2. The van der Waals surface area contributed by atoms with Crippen LogP contribution >= 0.6 is 0 Å². The smallest absolute Gasteiger partial charge is 0.846 e. The largest absolute Gasteiger partial charge is 1.00 e. The molecule has 0 aromatic rings. The number of nitrogens with zero attached hydrogens (tertiary/aromatic N) is 1. The van der Waals surface area contributed by atoms with E-state index in [0.717, 1.165) is 12.8 Å². The van der Waals surface area contributed by atoms with Gasteiger partial charge in [0.05, 0.1) is 6.02 Å². The summed E-state index contributed by atoms with van der Waals surface area (Å²) in [6.07, 6.45) is 3.53. The van der Waals surface area contributed by atoms with Crippen LogP contribution in [0.1, 0.15) is 47.0 Å². The second-order valence-corrected chi connectivity index (χ2v) is 5.86. The van der Waals surface area contributed by atoms with Gasteiger partial charge in [-0.25, -0.2) is 9.79 Å².